The number of hydrogen-bond acceptors (Lipinski definition) is 4. The molecule has 0 fully saturated rings. The third-order valence-corrected chi connectivity index (χ3v) is 6.44. The van der Waals surface area contributed by atoms with Crippen LogP contribution in [0.5, 0.6) is 0 Å². The molecular weight excluding hydrogens is 449 g/mol. The number of fused-ring (bicyclic) bond motifs is 3. The molecule has 2 aromatic carbocycles. The molecular formula is C24H25Cl2N3O3. The summed E-state index contributed by atoms with van der Waals surface area (Å²) in [7, 11) is 0. The van der Waals surface area contributed by atoms with Gasteiger partial charge in [0.15, 0.2) is 5.92 Å². The summed E-state index contributed by atoms with van der Waals surface area (Å²) >= 11 is 12.5. The number of nitrogens with zero attached hydrogens (tertiary/aromatic N) is 3. The standard InChI is InChI=1S/C24H25Cl2N3O3/c1-4-32-23(31)20-21(15-9-10-16(25)17(26)13-15)29-19-8-6-5-7-18(19)27-24(29)28(22(20)30)12-11-14(2)3/h5-10,13-14,20-21H,4,11-12H2,1-3H3. The molecule has 0 N–H and O–H groups in total. The number of halogens is 2. The molecule has 0 radical (unpaired) electrons. The van der Waals surface area contributed by atoms with E-state index in [1.165, 1.54) is 0 Å². The Labute approximate surface area is 197 Å². The molecule has 3 aromatic rings. The van der Waals surface area contributed by atoms with Crippen LogP contribution in [0.4, 0.5) is 5.95 Å². The van der Waals surface area contributed by atoms with Crippen LogP contribution >= 0.6 is 23.2 Å². The average Bonchev–Trinajstić information content (AvgIpc) is 3.13. The van der Waals surface area contributed by atoms with Crippen molar-refractivity contribution in [2.24, 2.45) is 11.8 Å². The molecule has 0 bridgehead atoms. The van der Waals surface area contributed by atoms with Crippen LogP contribution in [0.3, 0.4) is 0 Å². The van der Waals surface area contributed by atoms with Crippen molar-refractivity contribution in [2.75, 3.05) is 18.1 Å². The van der Waals surface area contributed by atoms with E-state index in [-0.39, 0.29) is 12.5 Å². The number of anilines is 1. The number of rotatable bonds is 6. The van der Waals surface area contributed by atoms with E-state index in [9.17, 15) is 9.59 Å². The zero-order valence-corrected chi connectivity index (χ0v) is 19.7. The zero-order chi connectivity index (χ0) is 23.0. The summed E-state index contributed by atoms with van der Waals surface area (Å²) in [4.78, 5) is 33.3. The third kappa shape index (κ3) is 3.97. The van der Waals surface area contributed by atoms with Gasteiger partial charge >= 0.3 is 5.97 Å². The van der Waals surface area contributed by atoms with Crippen LogP contribution in [-0.2, 0) is 14.3 Å². The lowest BCUT2D eigenvalue weighted by Crippen LogP contribution is -2.50. The van der Waals surface area contributed by atoms with E-state index in [0.29, 0.717) is 34.0 Å². The van der Waals surface area contributed by atoms with Gasteiger partial charge in [-0.05, 0) is 49.1 Å². The average molecular weight is 474 g/mol. The molecule has 2 heterocycles. The Hall–Kier alpha value is -2.57. The van der Waals surface area contributed by atoms with Crippen molar-refractivity contribution < 1.29 is 14.3 Å². The van der Waals surface area contributed by atoms with Gasteiger partial charge in [0, 0.05) is 6.54 Å². The summed E-state index contributed by atoms with van der Waals surface area (Å²) in [5.74, 6) is -1.04. The highest BCUT2D eigenvalue weighted by Gasteiger charge is 2.47. The second kappa shape index (κ2) is 9.12. The molecule has 1 aromatic heterocycles. The predicted molar refractivity (Wildman–Crippen MR) is 126 cm³/mol. The number of aromatic nitrogens is 2. The van der Waals surface area contributed by atoms with Crippen molar-refractivity contribution in [3.05, 3.63) is 58.1 Å². The van der Waals surface area contributed by atoms with Gasteiger partial charge in [0.25, 0.3) is 0 Å². The molecule has 6 nitrogen and oxygen atoms in total. The lowest BCUT2D eigenvalue weighted by Gasteiger charge is -2.38. The van der Waals surface area contributed by atoms with Crippen molar-refractivity contribution in [1.82, 2.24) is 9.55 Å². The SMILES string of the molecule is CCOC(=O)C1C(=O)N(CCC(C)C)c2nc3ccccc3n2C1c1ccc(Cl)c(Cl)c1. The molecule has 2 unspecified atom stereocenters. The van der Waals surface area contributed by atoms with Crippen LogP contribution in [0, 0.1) is 11.8 Å². The quantitative estimate of drug-likeness (QED) is 0.349. The number of amides is 1. The maximum Gasteiger partial charge on any atom is 0.321 e. The first-order valence-corrected chi connectivity index (χ1v) is 11.5. The van der Waals surface area contributed by atoms with Gasteiger partial charge in [-0.3, -0.25) is 14.5 Å². The smallest absolute Gasteiger partial charge is 0.321 e. The maximum absolute atomic E-state index is 13.7. The molecule has 1 aliphatic rings. The summed E-state index contributed by atoms with van der Waals surface area (Å²) in [6.45, 7) is 6.56. The van der Waals surface area contributed by atoms with E-state index in [4.69, 9.17) is 32.9 Å². The molecule has 2 atom stereocenters. The fourth-order valence-corrected chi connectivity index (χ4v) is 4.45. The predicted octanol–water partition coefficient (Wildman–Crippen LogP) is 5.50. The molecule has 0 saturated heterocycles. The number of carbonyl (C=O) groups is 2. The first kappa shape index (κ1) is 22.6. The van der Waals surface area contributed by atoms with E-state index >= 15 is 0 Å². The number of carbonyl (C=O) groups excluding carboxylic acids is 2. The van der Waals surface area contributed by atoms with Crippen LogP contribution < -0.4 is 4.90 Å². The highest BCUT2D eigenvalue weighted by molar-refractivity contribution is 6.42. The largest absolute Gasteiger partial charge is 0.465 e. The number of imidazole rings is 1. The number of benzene rings is 2. The second-order valence-electron chi connectivity index (χ2n) is 8.29. The minimum Gasteiger partial charge on any atom is -0.465 e. The van der Waals surface area contributed by atoms with E-state index in [0.717, 1.165) is 17.5 Å². The highest BCUT2D eigenvalue weighted by atomic mass is 35.5. The Morgan fingerprint density at radius 2 is 1.91 bits per heavy atom. The van der Waals surface area contributed by atoms with Crippen LogP contribution in [0.1, 0.15) is 38.8 Å². The Morgan fingerprint density at radius 3 is 2.59 bits per heavy atom. The molecule has 1 aliphatic heterocycles. The summed E-state index contributed by atoms with van der Waals surface area (Å²) in [6, 6.07) is 12.2. The Bertz CT molecular complexity index is 1170. The lowest BCUT2D eigenvalue weighted by atomic mass is 9.89. The van der Waals surface area contributed by atoms with Gasteiger partial charge in [-0.2, -0.15) is 0 Å². The van der Waals surface area contributed by atoms with Crippen molar-refractivity contribution >= 4 is 52.1 Å². The van der Waals surface area contributed by atoms with E-state index < -0.39 is 17.9 Å². The number of hydrogen-bond donors (Lipinski definition) is 0. The molecule has 168 valence electrons. The molecule has 0 spiro atoms. The van der Waals surface area contributed by atoms with Gasteiger partial charge in [-0.25, -0.2) is 4.98 Å². The van der Waals surface area contributed by atoms with Crippen LogP contribution in [0.2, 0.25) is 10.0 Å². The summed E-state index contributed by atoms with van der Waals surface area (Å²) in [5.41, 5.74) is 2.27. The van der Waals surface area contributed by atoms with Gasteiger partial charge in [0.1, 0.15) is 0 Å². The minimum atomic E-state index is -1.07. The first-order chi connectivity index (χ1) is 15.3. The van der Waals surface area contributed by atoms with Gasteiger partial charge in [-0.15, -0.1) is 0 Å². The number of ether oxygens (including phenoxy) is 1. The zero-order valence-electron chi connectivity index (χ0n) is 18.2. The fourth-order valence-electron chi connectivity index (χ4n) is 4.14. The van der Waals surface area contributed by atoms with Gasteiger partial charge in [0.05, 0.1) is 33.7 Å². The maximum atomic E-state index is 13.7. The van der Waals surface area contributed by atoms with Crippen LogP contribution in [0.25, 0.3) is 11.0 Å². The second-order valence-corrected chi connectivity index (χ2v) is 9.11. The van der Waals surface area contributed by atoms with Crippen molar-refractivity contribution in [2.45, 2.75) is 33.2 Å². The summed E-state index contributed by atoms with van der Waals surface area (Å²) in [5, 5.41) is 0.756. The number of esters is 1. The van der Waals surface area contributed by atoms with E-state index in [2.05, 4.69) is 13.8 Å². The van der Waals surface area contributed by atoms with Crippen LogP contribution in [-0.4, -0.2) is 34.6 Å². The molecule has 1 amide bonds. The van der Waals surface area contributed by atoms with Crippen molar-refractivity contribution in [1.29, 1.82) is 0 Å². The Morgan fingerprint density at radius 1 is 1.16 bits per heavy atom. The highest BCUT2D eigenvalue weighted by Crippen LogP contribution is 2.42. The lowest BCUT2D eigenvalue weighted by molar-refractivity contribution is -0.153. The van der Waals surface area contributed by atoms with Crippen molar-refractivity contribution in [3.63, 3.8) is 0 Å². The van der Waals surface area contributed by atoms with E-state index in [1.807, 2.05) is 28.8 Å². The van der Waals surface area contributed by atoms with Gasteiger partial charge in [-0.1, -0.05) is 55.2 Å². The molecule has 4 rings (SSSR count). The Balaban J connectivity index is 1.97. The first-order valence-electron chi connectivity index (χ1n) is 10.7. The Kier molecular flexibility index (Phi) is 6.45. The van der Waals surface area contributed by atoms with Crippen LogP contribution in [0.15, 0.2) is 42.5 Å². The minimum absolute atomic E-state index is 0.181. The monoisotopic (exact) mass is 473 g/mol. The normalized spacial score (nSPS) is 18.3. The van der Waals surface area contributed by atoms with Crippen molar-refractivity contribution in [3.8, 4) is 0 Å². The van der Waals surface area contributed by atoms with E-state index in [1.54, 1.807) is 30.0 Å². The topological polar surface area (TPSA) is 64.4 Å². The summed E-state index contributed by atoms with van der Waals surface area (Å²) in [6.07, 6.45) is 0.780. The molecule has 0 aliphatic carbocycles. The third-order valence-electron chi connectivity index (χ3n) is 5.70. The van der Waals surface area contributed by atoms with Gasteiger partial charge in [0.2, 0.25) is 11.9 Å². The number of para-hydroxylation sites is 2. The fraction of sp³-hybridized carbons (Fsp3) is 0.375. The molecule has 32 heavy (non-hydrogen) atoms. The molecule has 8 heteroatoms. The van der Waals surface area contributed by atoms with Gasteiger partial charge < -0.3 is 9.30 Å². The molecule has 0 saturated carbocycles. The summed E-state index contributed by atoms with van der Waals surface area (Å²) < 4.78 is 7.31.